The van der Waals surface area contributed by atoms with Crippen LogP contribution in [0, 0.1) is 0 Å². The number of carbonyl (C=O) groups is 1. The van der Waals surface area contributed by atoms with Gasteiger partial charge >= 0.3 is 6.18 Å². The smallest absolute Gasteiger partial charge is 0.416 e. The highest BCUT2D eigenvalue weighted by molar-refractivity contribution is 6.35. The first-order chi connectivity index (χ1) is 15.8. The van der Waals surface area contributed by atoms with Crippen LogP contribution < -0.4 is 10.1 Å². The normalized spacial score (nSPS) is 15.5. The summed E-state index contributed by atoms with van der Waals surface area (Å²) in [4.78, 5) is 18.8. The SMILES string of the molecule is O=C(COc1ccc(Cl)c2cccnc12)NC1CCN(Cc2cccc(C(F)(F)F)c2)CC1. The standard InChI is InChI=1S/C24H23ClF3N3O2/c25-20-6-7-21(23-19(20)5-2-10-29-23)33-15-22(32)30-18-8-11-31(12-9-18)14-16-3-1-4-17(13-16)24(26,27)28/h1-7,10,13,18H,8-9,11-12,14-15H2,(H,30,32). The summed E-state index contributed by atoms with van der Waals surface area (Å²) in [6.45, 7) is 1.68. The lowest BCUT2D eigenvalue weighted by Crippen LogP contribution is -2.45. The molecule has 0 atom stereocenters. The zero-order valence-electron chi connectivity index (χ0n) is 17.7. The Labute approximate surface area is 194 Å². The van der Waals surface area contributed by atoms with E-state index in [0.717, 1.165) is 24.3 Å². The van der Waals surface area contributed by atoms with Crippen molar-refractivity contribution in [2.75, 3.05) is 19.7 Å². The van der Waals surface area contributed by atoms with Crippen molar-refractivity contribution in [2.45, 2.75) is 31.6 Å². The van der Waals surface area contributed by atoms with E-state index in [1.54, 1.807) is 30.5 Å². The maximum Gasteiger partial charge on any atom is 0.416 e. The van der Waals surface area contributed by atoms with Crippen LogP contribution in [0.3, 0.4) is 0 Å². The third kappa shape index (κ3) is 5.94. The van der Waals surface area contributed by atoms with Crippen LogP contribution in [0.1, 0.15) is 24.0 Å². The van der Waals surface area contributed by atoms with Crippen LogP contribution in [0.4, 0.5) is 13.2 Å². The lowest BCUT2D eigenvalue weighted by molar-refractivity contribution is -0.137. The lowest BCUT2D eigenvalue weighted by Gasteiger charge is -2.32. The molecule has 0 aliphatic carbocycles. The number of hydrogen-bond acceptors (Lipinski definition) is 4. The molecule has 9 heteroatoms. The first kappa shape index (κ1) is 23.3. The van der Waals surface area contributed by atoms with Crippen molar-refractivity contribution in [1.29, 1.82) is 0 Å². The van der Waals surface area contributed by atoms with Crippen molar-refractivity contribution in [3.63, 3.8) is 0 Å². The summed E-state index contributed by atoms with van der Waals surface area (Å²) in [7, 11) is 0. The fourth-order valence-electron chi connectivity index (χ4n) is 3.98. The van der Waals surface area contributed by atoms with Gasteiger partial charge in [0.25, 0.3) is 5.91 Å². The van der Waals surface area contributed by atoms with E-state index in [0.29, 0.717) is 41.5 Å². The Morgan fingerprint density at radius 2 is 1.94 bits per heavy atom. The Morgan fingerprint density at radius 1 is 1.15 bits per heavy atom. The van der Waals surface area contributed by atoms with Crippen molar-refractivity contribution in [1.82, 2.24) is 15.2 Å². The second kappa shape index (κ2) is 9.97. The van der Waals surface area contributed by atoms with E-state index in [1.165, 1.54) is 12.1 Å². The fourth-order valence-corrected chi connectivity index (χ4v) is 4.20. The number of aromatic nitrogens is 1. The molecule has 0 radical (unpaired) electrons. The van der Waals surface area contributed by atoms with Gasteiger partial charge in [-0.15, -0.1) is 0 Å². The molecular weight excluding hydrogens is 455 g/mol. The van der Waals surface area contributed by atoms with E-state index in [2.05, 4.69) is 15.2 Å². The van der Waals surface area contributed by atoms with Gasteiger partial charge in [-0.25, -0.2) is 0 Å². The van der Waals surface area contributed by atoms with E-state index in [1.807, 2.05) is 6.07 Å². The number of carbonyl (C=O) groups excluding carboxylic acids is 1. The van der Waals surface area contributed by atoms with Gasteiger partial charge in [0.1, 0.15) is 11.3 Å². The molecule has 1 saturated heterocycles. The Morgan fingerprint density at radius 3 is 2.70 bits per heavy atom. The van der Waals surface area contributed by atoms with Gasteiger partial charge in [0.2, 0.25) is 0 Å². The predicted octanol–water partition coefficient (Wildman–Crippen LogP) is 5.07. The Hall–Kier alpha value is -2.84. The van der Waals surface area contributed by atoms with Crippen LogP contribution >= 0.6 is 11.6 Å². The summed E-state index contributed by atoms with van der Waals surface area (Å²) < 4.78 is 44.4. The highest BCUT2D eigenvalue weighted by Crippen LogP contribution is 2.30. The van der Waals surface area contributed by atoms with Crippen molar-refractivity contribution >= 4 is 28.4 Å². The fraction of sp³-hybridized carbons (Fsp3) is 0.333. The highest BCUT2D eigenvalue weighted by Gasteiger charge is 2.30. The van der Waals surface area contributed by atoms with Crippen molar-refractivity contribution in [3.8, 4) is 5.75 Å². The predicted molar refractivity (Wildman–Crippen MR) is 120 cm³/mol. The minimum absolute atomic E-state index is 0.000976. The zero-order chi connectivity index (χ0) is 23.4. The number of fused-ring (bicyclic) bond motifs is 1. The largest absolute Gasteiger partial charge is 0.481 e. The second-order valence-electron chi connectivity index (χ2n) is 8.05. The number of rotatable bonds is 6. The molecule has 1 aliphatic rings. The van der Waals surface area contributed by atoms with Gasteiger partial charge in [-0.05, 0) is 48.7 Å². The van der Waals surface area contributed by atoms with E-state index >= 15 is 0 Å². The number of benzene rings is 2. The molecular formula is C24H23ClF3N3O2. The molecule has 33 heavy (non-hydrogen) atoms. The first-order valence-electron chi connectivity index (χ1n) is 10.6. The molecule has 2 heterocycles. The number of pyridine rings is 1. The molecule has 5 nitrogen and oxygen atoms in total. The molecule has 3 aromatic rings. The molecule has 0 unspecified atom stereocenters. The van der Waals surface area contributed by atoms with Gasteiger partial charge in [-0.2, -0.15) is 13.2 Å². The number of alkyl halides is 3. The van der Waals surface area contributed by atoms with E-state index < -0.39 is 11.7 Å². The minimum atomic E-state index is -4.34. The molecule has 0 bridgehead atoms. The summed E-state index contributed by atoms with van der Waals surface area (Å²) in [6, 6.07) is 12.4. The van der Waals surface area contributed by atoms with Crippen LogP contribution in [-0.2, 0) is 17.5 Å². The Balaban J connectivity index is 1.25. The van der Waals surface area contributed by atoms with E-state index in [-0.39, 0.29) is 18.6 Å². The summed E-state index contributed by atoms with van der Waals surface area (Å²) in [6.07, 6.45) is -1.27. The maximum absolute atomic E-state index is 12.9. The average Bonchev–Trinajstić information content (AvgIpc) is 2.80. The summed E-state index contributed by atoms with van der Waals surface area (Å²) >= 11 is 6.18. The van der Waals surface area contributed by atoms with Crippen LogP contribution in [0.5, 0.6) is 5.75 Å². The first-order valence-corrected chi connectivity index (χ1v) is 11.0. The number of nitrogens with zero attached hydrogens (tertiary/aromatic N) is 2. The molecule has 4 rings (SSSR count). The summed E-state index contributed by atoms with van der Waals surface area (Å²) in [5.41, 5.74) is 0.594. The van der Waals surface area contributed by atoms with Crippen LogP contribution in [0.25, 0.3) is 10.9 Å². The number of amides is 1. The third-order valence-electron chi connectivity index (χ3n) is 5.65. The third-order valence-corrected chi connectivity index (χ3v) is 5.98. The maximum atomic E-state index is 12.9. The average molecular weight is 478 g/mol. The molecule has 0 spiro atoms. The molecule has 1 fully saturated rings. The molecule has 1 N–H and O–H groups in total. The van der Waals surface area contributed by atoms with Gasteiger partial charge in [0.15, 0.2) is 6.61 Å². The minimum Gasteiger partial charge on any atom is -0.481 e. The molecule has 0 saturated carbocycles. The number of hydrogen-bond donors (Lipinski definition) is 1. The second-order valence-corrected chi connectivity index (χ2v) is 8.46. The molecule has 174 valence electrons. The lowest BCUT2D eigenvalue weighted by atomic mass is 10.0. The van der Waals surface area contributed by atoms with Crippen LogP contribution in [0.2, 0.25) is 5.02 Å². The number of ether oxygens (including phenoxy) is 1. The quantitative estimate of drug-likeness (QED) is 0.539. The van der Waals surface area contributed by atoms with Crippen LogP contribution in [0.15, 0.2) is 54.7 Å². The van der Waals surface area contributed by atoms with E-state index in [9.17, 15) is 18.0 Å². The number of nitrogens with one attached hydrogen (secondary N) is 1. The van der Waals surface area contributed by atoms with Gasteiger partial charge in [0, 0.05) is 37.3 Å². The highest BCUT2D eigenvalue weighted by atomic mass is 35.5. The van der Waals surface area contributed by atoms with Crippen molar-refractivity contribution in [3.05, 3.63) is 70.9 Å². The molecule has 1 amide bonds. The van der Waals surface area contributed by atoms with Gasteiger partial charge in [0.05, 0.1) is 10.6 Å². The summed E-state index contributed by atoms with van der Waals surface area (Å²) in [5.74, 6) is 0.256. The Bertz CT molecular complexity index is 1130. The number of likely N-dealkylation sites (tertiary alicyclic amines) is 1. The van der Waals surface area contributed by atoms with E-state index in [4.69, 9.17) is 16.3 Å². The monoisotopic (exact) mass is 477 g/mol. The summed E-state index contributed by atoms with van der Waals surface area (Å²) in [5, 5.41) is 4.29. The number of halogens is 4. The molecule has 1 aromatic heterocycles. The van der Waals surface area contributed by atoms with Gasteiger partial charge in [-0.1, -0.05) is 29.8 Å². The van der Waals surface area contributed by atoms with Gasteiger partial charge < -0.3 is 10.1 Å². The Kier molecular flexibility index (Phi) is 7.05. The topological polar surface area (TPSA) is 54.5 Å². The zero-order valence-corrected chi connectivity index (χ0v) is 18.5. The molecule has 2 aromatic carbocycles. The number of piperidine rings is 1. The van der Waals surface area contributed by atoms with Crippen molar-refractivity contribution < 1.29 is 22.7 Å². The van der Waals surface area contributed by atoms with Crippen molar-refractivity contribution in [2.24, 2.45) is 0 Å². The molecule has 1 aliphatic heterocycles. The van der Waals surface area contributed by atoms with Crippen LogP contribution in [-0.4, -0.2) is 41.5 Å². The van der Waals surface area contributed by atoms with Gasteiger partial charge in [-0.3, -0.25) is 14.7 Å².